The number of aromatic amines is 3. The first kappa shape index (κ1) is 106. The standard InChI is InChI=1S/C26H24N6O.C17H23N3O2.C15H13BrN2O.C12H15N3O2.2C12H15N3.C9H6BrNO2.C9H15NO3/c33-26(9-17-5-7-28-29-13-17)25-11-18-2-4-23(12-24(18)31-25)32-8-6-22(16-32)30-21-3-1-19-14-27-15-20(19)10-21;1-17(2,3)22-16(21)20-7-6-15(11-20)19-14-5-4-12-9-18-10-13(12)8-14;1-3-10(9-17-2)6-15(19)14-7-11-4-5-12(16)8-13(11)18-14;1-12(2,3)17-11(16)15-10-5-4-9(13)6-8(10)7-14-15;2*1-2-11(15-12-3-4-13-8-12)5-10-7-14-6-9(1)10;10-6-2-1-5-3-8(9(12)13)11-7(5)4-6;1-9(2,3)13-8(12)10-5-4-7(11)6-10/h1-5,7,10-13,15,22,30-31H,6,8-9,14,16H2;4-5,8,10,15,19H,6-7,9,11H2,1-3H3;3-5,7-9,18H,1-2,6H2;4-7H,13H2,1-3H3;2*1-2,5,7,12-13,15H,3-4,6,8H2;1-4,11H,(H,12,13);4-6H2,1-3H3/b;;10-9+;;;;;. The molecule has 13 aromatic rings. The molecule has 0 saturated carbocycles. The average molecular weight is 2120 g/mol. The van der Waals surface area contributed by atoms with Crippen LogP contribution < -0.4 is 42.5 Å². The lowest BCUT2D eigenvalue weighted by atomic mass is 10.1. The van der Waals surface area contributed by atoms with Crippen molar-refractivity contribution in [1.82, 2.24) is 55.4 Å². The fourth-order valence-electron chi connectivity index (χ4n) is 17.6. The number of likely N-dealkylation sites (tertiary alicyclic amines) is 2. The number of allylic oxidation sites excluding steroid dienone is 2. The maximum Gasteiger partial charge on any atom is 0.435 e. The fourth-order valence-corrected chi connectivity index (χ4v) is 18.3. The number of nitrogens with zero attached hydrogens (tertiary/aromatic N) is 12. The van der Waals surface area contributed by atoms with Crippen molar-refractivity contribution in [2.75, 3.05) is 97.3 Å². The minimum Gasteiger partial charge on any atom is -0.477 e. The van der Waals surface area contributed by atoms with Crippen LogP contribution in [0.5, 0.6) is 0 Å². The Labute approximate surface area is 871 Å². The Morgan fingerprint density at radius 1 is 0.503 bits per heavy atom. The van der Waals surface area contributed by atoms with E-state index in [9.17, 15) is 33.6 Å². The van der Waals surface area contributed by atoms with Crippen molar-refractivity contribution in [3.63, 3.8) is 0 Å². The summed E-state index contributed by atoms with van der Waals surface area (Å²) in [6.45, 7) is 35.3. The molecule has 9 aliphatic heterocycles. The lowest BCUT2D eigenvalue weighted by molar-refractivity contribution is -0.117. The van der Waals surface area contributed by atoms with Gasteiger partial charge in [0.15, 0.2) is 17.3 Å². The summed E-state index contributed by atoms with van der Waals surface area (Å²) in [4.78, 5) is 117. The van der Waals surface area contributed by atoms with Crippen LogP contribution in [0.15, 0.2) is 247 Å². The lowest BCUT2D eigenvalue weighted by Crippen LogP contribution is -2.36. The zero-order chi connectivity index (χ0) is 104. The van der Waals surface area contributed by atoms with Crippen LogP contribution in [0.2, 0.25) is 0 Å². The fraction of sp³-hybridized carbons (Fsp3) is 0.330. The van der Waals surface area contributed by atoms with Crippen LogP contribution in [0.3, 0.4) is 0 Å². The van der Waals surface area contributed by atoms with Crippen molar-refractivity contribution in [3.8, 4) is 0 Å². The topological polar surface area (TPSA) is 428 Å². The summed E-state index contributed by atoms with van der Waals surface area (Å²) in [6, 6.07) is 58.0. The second-order valence-electron chi connectivity index (χ2n) is 40.0. The Bertz CT molecular complexity index is 7050. The zero-order valence-corrected chi connectivity index (χ0v) is 87.3. The molecule has 4 unspecified atom stereocenters. The third-order valence-electron chi connectivity index (χ3n) is 24.9. The van der Waals surface area contributed by atoms with Crippen molar-refractivity contribution < 1.29 is 52.9 Å². The van der Waals surface area contributed by atoms with Gasteiger partial charge in [-0.25, -0.2) is 19.2 Å². The molecule has 5 fully saturated rings. The van der Waals surface area contributed by atoms with Gasteiger partial charge in [0.25, 0.3) is 0 Å². The highest BCUT2D eigenvalue weighted by molar-refractivity contribution is 9.10. The van der Waals surface area contributed by atoms with Crippen LogP contribution in [0.4, 0.5) is 48.5 Å². The highest BCUT2D eigenvalue weighted by Crippen LogP contribution is 2.33. The number of carboxylic acids is 1. The first-order valence-corrected chi connectivity index (χ1v) is 50.8. The molecule has 12 N–H and O–H groups in total. The van der Waals surface area contributed by atoms with Gasteiger partial charge in [-0.05, 0) is 291 Å². The monoisotopic (exact) mass is 2110 g/mol. The number of aromatic carboxylic acids is 1. The number of nitrogens with one attached hydrogen (secondary N) is 9. The molecule has 35 heteroatoms. The van der Waals surface area contributed by atoms with Gasteiger partial charge >= 0.3 is 24.2 Å². The molecule has 22 rings (SSSR count). The molecule has 33 nitrogen and oxygen atoms in total. The Morgan fingerprint density at radius 3 is 1.44 bits per heavy atom. The quantitative estimate of drug-likeness (QED) is 0.0125. The summed E-state index contributed by atoms with van der Waals surface area (Å²) in [5.41, 5.74) is 27.3. The third-order valence-corrected chi connectivity index (χ3v) is 25.9. The number of carboxylic acid groups (broad SMARTS) is 1. The van der Waals surface area contributed by atoms with E-state index in [4.69, 9.17) is 25.1 Å². The Hall–Kier alpha value is -15.1. The summed E-state index contributed by atoms with van der Waals surface area (Å²) < 4.78 is 18.9. The molecule has 14 heterocycles. The molecule has 0 bridgehead atoms. The number of hydrogen-bond donors (Lipinski definition) is 11. The van der Waals surface area contributed by atoms with Crippen LogP contribution in [0, 0.1) is 0 Å². The number of rotatable bonds is 18. The van der Waals surface area contributed by atoms with Gasteiger partial charge in [-0.2, -0.15) is 20.0 Å². The number of H-pyrrole nitrogens is 3. The number of carbonyl (C=O) groups excluding carboxylic acids is 6. The number of aliphatic imine (C=N–C) groups is 5. The third kappa shape index (κ3) is 30.5. The van der Waals surface area contributed by atoms with E-state index >= 15 is 0 Å². The summed E-state index contributed by atoms with van der Waals surface area (Å²) >= 11 is 6.72. The molecule has 5 aromatic heterocycles. The van der Waals surface area contributed by atoms with E-state index in [2.05, 4.69) is 228 Å². The minimum atomic E-state index is -0.938. The molecule has 0 aliphatic carbocycles. The van der Waals surface area contributed by atoms with Crippen molar-refractivity contribution in [2.45, 2.75) is 174 Å². The van der Waals surface area contributed by atoms with E-state index in [-0.39, 0.29) is 48.1 Å². The molecule has 5 saturated heterocycles. The van der Waals surface area contributed by atoms with Gasteiger partial charge < -0.3 is 86.6 Å². The summed E-state index contributed by atoms with van der Waals surface area (Å²) in [6.07, 6.45) is 20.2. The second-order valence-corrected chi connectivity index (χ2v) is 41.8. The van der Waals surface area contributed by atoms with E-state index in [0.29, 0.717) is 66.6 Å². The molecule has 0 spiro atoms. The number of carbonyl (C=O) groups is 7. The van der Waals surface area contributed by atoms with Crippen LogP contribution in [-0.4, -0.2) is 229 Å². The number of amides is 2. The summed E-state index contributed by atoms with van der Waals surface area (Å²) in [5, 5.41) is 45.1. The number of nitrogens with two attached hydrogens (primary N) is 1. The summed E-state index contributed by atoms with van der Waals surface area (Å²) in [5.74, 6) is -0.786. The number of ketones is 3. The Kier molecular flexibility index (Phi) is 35.2. The van der Waals surface area contributed by atoms with Gasteiger partial charge in [0, 0.05) is 208 Å². The highest BCUT2D eigenvalue weighted by Gasteiger charge is 2.33. The van der Waals surface area contributed by atoms with Crippen LogP contribution in [-0.2, 0) is 51.6 Å². The van der Waals surface area contributed by atoms with Crippen molar-refractivity contribution in [2.24, 2.45) is 25.0 Å². The minimum absolute atomic E-state index is 0.00197. The molecular formula is C112H126Br2N22O11. The number of fused-ring (bicyclic) bond motifs is 8. The molecule has 4 atom stereocenters. The number of anilines is 6. The average Bonchev–Trinajstić information content (AvgIpc) is 1.65. The van der Waals surface area contributed by atoms with Gasteiger partial charge in [-0.1, -0.05) is 87.0 Å². The van der Waals surface area contributed by atoms with E-state index < -0.39 is 35.0 Å². The highest BCUT2D eigenvalue weighted by atomic mass is 79.9. The largest absolute Gasteiger partial charge is 0.477 e. The van der Waals surface area contributed by atoms with Crippen molar-refractivity contribution in [3.05, 3.63) is 289 Å². The first-order chi connectivity index (χ1) is 70.5. The van der Waals surface area contributed by atoms with E-state index in [1.165, 1.54) is 84.0 Å². The van der Waals surface area contributed by atoms with Crippen molar-refractivity contribution in [1.29, 1.82) is 0 Å². The number of aromatic nitrogens is 7. The molecule has 0 radical (unpaired) electrons. The van der Waals surface area contributed by atoms with Crippen LogP contribution in [0.1, 0.15) is 182 Å². The smallest absolute Gasteiger partial charge is 0.435 e. The molecule has 8 aromatic carbocycles. The van der Waals surface area contributed by atoms with E-state index in [1.807, 2.05) is 142 Å². The molecule has 764 valence electrons. The molecule has 2 amide bonds. The first-order valence-electron chi connectivity index (χ1n) is 49.2. The number of halogens is 2. The van der Waals surface area contributed by atoms with Gasteiger partial charge in [0.1, 0.15) is 22.5 Å². The van der Waals surface area contributed by atoms with Gasteiger partial charge in [-0.3, -0.25) is 39.3 Å². The van der Waals surface area contributed by atoms with E-state index in [1.54, 1.807) is 60.0 Å². The van der Waals surface area contributed by atoms with Crippen LogP contribution in [0.25, 0.3) is 43.6 Å². The maximum absolute atomic E-state index is 12.7. The number of hydrogen-bond acceptors (Lipinski definition) is 26. The number of benzene rings is 8. The molecule has 9 aliphatic rings. The predicted octanol–water partition coefficient (Wildman–Crippen LogP) is 20.3. The molecule has 147 heavy (non-hydrogen) atoms. The zero-order valence-electron chi connectivity index (χ0n) is 84.2. The second kappa shape index (κ2) is 48.8. The summed E-state index contributed by atoms with van der Waals surface area (Å²) in [7, 11) is 0. The molecular weight excluding hydrogens is 1990 g/mol. The van der Waals surface area contributed by atoms with E-state index in [0.717, 1.165) is 154 Å². The predicted molar refractivity (Wildman–Crippen MR) is 592 cm³/mol. The number of nitrogen functional groups attached to an aromatic ring is 1. The van der Waals surface area contributed by atoms with Gasteiger partial charge in [0.05, 0.1) is 62.0 Å². The maximum atomic E-state index is 12.7. The normalized spacial score (nSPS) is 16.9. The number of ether oxygens (including phenoxy) is 3. The number of Topliss-reactive ketones (excluding diaryl/α,β-unsaturated/α-hetero) is 3. The Balaban J connectivity index is 0.000000129. The SMILES string of the molecule is C1=NCc2ccc(NC3CCNC3)cc21.C1=NCc2ccc(NC3CCNC3)cc21.C=C/C(=C\N=C)CC(=O)c1cc2ccc(Br)cc2[nH]1.CC(C)(C)OC(=O)N1CCC(=O)C1.CC(C)(C)OC(=O)N1CCC(Nc2ccc3c(c2)C=NC3)C1.CC(C)(C)OC(=O)n1ncc2cc(N)ccc21.O=C(Cc1ccnnc1)c1cc2ccc(N3CCC(Nc4ccc5c(c4)C=NC5)C3)cc2[nH]1.O=C(O)c1cc2ccc(Br)cc2[nH]1. The van der Waals surface area contributed by atoms with Crippen molar-refractivity contribution >= 4 is 183 Å². The van der Waals surface area contributed by atoms with Crippen LogP contribution >= 0.6 is 31.9 Å². The Morgan fingerprint density at radius 2 is 0.973 bits per heavy atom. The van der Waals surface area contributed by atoms with Gasteiger partial charge in [-0.15, -0.1) is 0 Å². The van der Waals surface area contributed by atoms with Gasteiger partial charge in [0.2, 0.25) is 0 Å². The lowest BCUT2D eigenvalue weighted by Gasteiger charge is -2.24.